The van der Waals surface area contributed by atoms with E-state index in [9.17, 15) is 14.4 Å². The van der Waals surface area contributed by atoms with Crippen LogP contribution in [0.3, 0.4) is 0 Å². The van der Waals surface area contributed by atoms with Crippen LogP contribution in [0.25, 0.3) is 0 Å². The van der Waals surface area contributed by atoms with E-state index in [0.717, 1.165) is 70.6 Å². The van der Waals surface area contributed by atoms with E-state index in [1.165, 1.54) is 231 Å². The van der Waals surface area contributed by atoms with Crippen LogP contribution >= 0.6 is 0 Å². The van der Waals surface area contributed by atoms with E-state index in [2.05, 4.69) is 57.2 Å². The summed E-state index contributed by atoms with van der Waals surface area (Å²) < 4.78 is 16.9. The van der Waals surface area contributed by atoms with E-state index >= 15 is 0 Å². The van der Waals surface area contributed by atoms with Crippen molar-refractivity contribution < 1.29 is 28.6 Å². The van der Waals surface area contributed by atoms with Gasteiger partial charge in [-0.1, -0.05) is 301 Å². The van der Waals surface area contributed by atoms with Crippen molar-refractivity contribution in [2.45, 2.75) is 348 Å². The molecule has 0 aromatic heterocycles. The first-order valence-electron chi connectivity index (χ1n) is 31.5. The fraction of sp³-hybridized carbons (Fsp3) is 0.862. The van der Waals surface area contributed by atoms with Crippen LogP contribution in [0.15, 0.2) is 36.5 Å². The van der Waals surface area contributed by atoms with E-state index in [4.69, 9.17) is 14.2 Å². The zero-order valence-electron chi connectivity index (χ0n) is 47.8. The zero-order chi connectivity index (χ0) is 51.4. The van der Waals surface area contributed by atoms with Gasteiger partial charge in [0.15, 0.2) is 6.10 Å². The van der Waals surface area contributed by atoms with Crippen molar-refractivity contribution in [3.63, 3.8) is 0 Å². The second-order valence-electron chi connectivity index (χ2n) is 21.3. The third-order valence-electron chi connectivity index (χ3n) is 14.1. The summed E-state index contributed by atoms with van der Waals surface area (Å²) in [5.74, 6) is -0.894. The molecule has 0 aliphatic heterocycles. The fourth-order valence-corrected chi connectivity index (χ4v) is 9.39. The molecule has 0 aromatic rings. The quantitative estimate of drug-likeness (QED) is 0.0261. The van der Waals surface area contributed by atoms with Crippen molar-refractivity contribution in [1.82, 2.24) is 0 Å². The smallest absolute Gasteiger partial charge is 0.306 e. The van der Waals surface area contributed by atoms with Gasteiger partial charge in [0.25, 0.3) is 0 Å². The van der Waals surface area contributed by atoms with Crippen LogP contribution in [-0.4, -0.2) is 37.2 Å². The molecule has 0 spiro atoms. The number of hydrogen-bond acceptors (Lipinski definition) is 6. The molecule has 0 fully saturated rings. The second kappa shape index (κ2) is 60.2. The van der Waals surface area contributed by atoms with Gasteiger partial charge >= 0.3 is 17.9 Å². The highest BCUT2D eigenvalue weighted by atomic mass is 16.6. The number of rotatable bonds is 58. The molecule has 0 rings (SSSR count). The first-order chi connectivity index (χ1) is 35.0. The molecule has 0 amide bonds. The number of allylic oxidation sites excluding steroid dienone is 6. The average molecular weight is 998 g/mol. The Kier molecular flexibility index (Phi) is 58.2. The predicted molar refractivity (Wildman–Crippen MR) is 307 cm³/mol. The molecule has 0 aromatic carbocycles. The van der Waals surface area contributed by atoms with Gasteiger partial charge in [-0.05, 0) is 57.8 Å². The Bertz CT molecular complexity index is 1190. The molecule has 0 heterocycles. The average Bonchev–Trinajstić information content (AvgIpc) is 3.37. The number of carbonyl (C=O) groups is 3. The summed E-state index contributed by atoms with van der Waals surface area (Å²) in [6.07, 6.45) is 72.9. The Morgan fingerprint density at radius 3 is 0.817 bits per heavy atom. The zero-order valence-corrected chi connectivity index (χ0v) is 47.8. The Morgan fingerprint density at radius 1 is 0.282 bits per heavy atom. The highest BCUT2D eigenvalue weighted by Crippen LogP contribution is 2.18. The first kappa shape index (κ1) is 68.6. The molecule has 0 aliphatic rings. The predicted octanol–water partition coefficient (Wildman–Crippen LogP) is 21.2. The number of carbonyl (C=O) groups excluding carboxylic acids is 3. The maximum absolute atomic E-state index is 12.9. The molecular weight excluding hydrogens is 877 g/mol. The van der Waals surface area contributed by atoms with Gasteiger partial charge in [0.05, 0.1) is 0 Å². The van der Waals surface area contributed by atoms with Gasteiger partial charge in [0, 0.05) is 19.3 Å². The molecular formula is C65H120O6. The van der Waals surface area contributed by atoms with Crippen molar-refractivity contribution in [1.29, 1.82) is 0 Å². The van der Waals surface area contributed by atoms with E-state index in [1.807, 2.05) is 0 Å². The van der Waals surface area contributed by atoms with Gasteiger partial charge in [-0.3, -0.25) is 14.4 Å². The maximum atomic E-state index is 12.9. The number of esters is 3. The third kappa shape index (κ3) is 58.4. The maximum Gasteiger partial charge on any atom is 0.306 e. The minimum absolute atomic E-state index is 0.0788. The first-order valence-corrected chi connectivity index (χ1v) is 31.5. The van der Waals surface area contributed by atoms with Crippen LogP contribution in [0.4, 0.5) is 0 Å². The monoisotopic (exact) mass is 997 g/mol. The highest BCUT2D eigenvalue weighted by Gasteiger charge is 2.19. The summed E-state index contributed by atoms with van der Waals surface area (Å²) in [4.78, 5) is 38.3. The van der Waals surface area contributed by atoms with Crippen molar-refractivity contribution in [3.05, 3.63) is 36.5 Å². The molecule has 71 heavy (non-hydrogen) atoms. The number of hydrogen-bond donors (Lipinski definition) is 0. The van der Waals surface area contributed by atoms with Crippen LogP contribution in [-0.2, 0) is 28.6 Å². The molecule has 1 atom stereocenters. The highest BCUT2D eigenvalue weighted by molar-refractivity contribution is 5.71. The Balaban J connectivity index is 4.34. The lowest BCUT2D eigenvalue weighted by atomic mass is 10.0. The Morgan fingerprint density at radius 2 is 0.507 bits per heavy atom. The lowest BCUT2D eigenvalue weighted by Gasteiger charge is -2.18. The van der Waals surface area contributed by atoms with Crippen LogP contribution < -0.4 is 0 Å². The summed E-state index contributed by atoms with van der Waals surface area (Å²) in [6.45, 7) is 6.64. The van der Waals surface area contributed by atoms with Gasteiger partial charge in [-0.2, -0.15) is 0 Å². The standard InChI is InChI=1S/C65H120O6/c1-4-7-10-13-16-19-22-25-28-30-31-32-33-35-38-41-44-47-50-53-56-59-65(68)71-62(60-69-63(66)57-54-51-48-45-42-39-36-27-24-21-18-15-12-9-6-3)61-70-64(67)58-55-52-49-46-43-40-37-34-29-26-23-20-17-14-11-8-5-2/h18,21,27,36,42,45,62H,4-17,19-20,22-26,28-35,37-41,43-44,46-61H2,1-3H3/b21-18-,36-27-,45-42-/t62-/m1/s1. The number of ether oxygens (including phenoxy) is 3. The molecule has 0 saturated heterocycles. The summed E-state index contributed by atoms with van der Waals surface area (Å²) >= 11 is 0. The van der Waals surface area contributed by atoms with Crippen molar-refractivity contribution in [2.75, 3.05) is 13.2 Å². The van der Waals surface area contributed by atoms with E-state index in [1.54, 1.807) is 0 Å². The summed E-state index contributed by atoms with van der Waals surface area (Å²) in [5, 5.41) is 0. The SMILES string of the molecule is CCCCC/C=C\C/C=C\C/C=C\CCCCC(=O)OC[C@H](COC(=O)CCCCCCCCCCCCCCCCCCC)OC(=O)CCCCCCCCCCCCCCCCCCCCCCC. The Hall–Kier alpha value is -2.37. The fourth-order valence-electron chi connectivity index (χ4n) is 9.39. The summed E-state index contributed by atoms with van der Waals surface area (Å²) in [6, 6.07) is 0. The van der Waals surface area contributed by atoms with Gasteiger partial charge in [0.2, 0.25) is 0 Å². The molecule has 0 N–H and O–H groups in total. The van der Waals surface area contributed by atoms with E-state index in [-0.39, 0.29) is 31.1 Å². The third-order valence-corrected chi connectivity index (χ3v) is 14.1. The molecule has 416 valence electrons. The largest absolute Gasteiger partial charge is 0.462 e. The van der Waals surface area contributed by atoms with Gasteiger partial charge < -0.3 is 14.2 Å². The minimum atomic E-state index is -0.784. The van der Waals surface area contributed by atoms with E-state index < -0.39 is 6.10 Å². The second-order valence-corrected chi connectivity index (χ2v) is 21.3. The van der Waals surface area contributed by atoms with E-state index in [0.29, 0.717) is 19.3 Å². The lowest BCUT2D eigenvalue weighted by Crippen LogP contribution is -2.30. The number of unbranched alkanes of at least 4 members (excludes halogenated alkanes) is 41. The summed E-state index contributed by atoms with van der Waals surface area (Å²) in [5.41, 5.74) is 0. The molecule has 0 saturated carbocycles. The molecule has 6 heteroatoms. The summed E-state index contributed by atoms with van der Waals surface area (Å²) in [7, 11) is 0. The molecule has 6 nitrogen and oxygen atoms in total. The Labute approximate surface area is 442 Å². The van der Waals surface area contributed by atoms with Gasteiger partial charge in [0.1, 0.15) is 13.2 Å². The molecule has 0 radical (unpaired) electrons. The van der Waals surface area contributed by atoms with Crippen LogP contribution in [0.1, 0.15) is 342 Å². The molecule has 0 aliphatic carbocycles. The van der Waals surface area contributed by atoms with Crippen LogP contribution in [0.5, 0.6) is 0 Å². The van der Waals surface area contributed by atoms with Crippen LogP contribution in [0, 0.1) is 0 Å². The van der Waals surface area contributed by atoms with Gasteiger partial charge in [-0.25, -0.2) is 0 Å². The van der Waals surface area contributed by atoms with Crippen molar-refractivity contribution >= 4 is 17.9 Å². The molecule has 0 unspecified atom stereocenters. The lowest BCUT2D eigenvalue weighted by molar-refractivity contribution is -0.167. The van der Waals surface area contributed by atoms with Crippen LogP contribution in [0.2, 0.25) is 0 Å². The van der Waals surface area contributed by atoms with Gasteiger partial charge in [-0.15, -0.1) is 0 Å². The van der Waals surface area contributed by atoms with Crippen molar-refractivity contribution in [2.24, 2.45) is 0 Å². The minimum Gasteiger partial charge on any atom is -0.462 e. The molecule has 0 bridgehead atoms. The normalized spacial score (nSPS) is 12.2. The topological polar surface area (TPSA) is 78.9 Å². The van der Waals surface area contributed by atoms with Crippen molar-refractivity contribution in [3.8, 4) is 0 Å².